The van der Waals surface area contributed by atoms with Gasteiger partial charge in [-0.25, -0.2) is 0 Å². The van der Waals surface area contributed by atoms with E-state index in [0.717, 1.165) is 67.8 Å². The van der Waals surface area contributed by atoms with Gasteiger partial charge >= 0.3 is 0 Å². The standard InChI is InChI=1S/C32H45NO2/c1-4-32(35)18-17-31(3)25(20-32)11-13-26-27-14-12-24(30(27,2)16-15-28(26)31)9-6-10-29(34)23-8-5-7-22(19-23)21-33/h5,7-8,11,19,24,26-29,34-35H,4,6,9-10,12-18,20H2,1-3H3/t24-,26-,27-,28-,29+,30+,31-,32-/m0/s1. The molecule has 0 aromatic heterocycles. The zero-order valence-electron chi connectivity index (χ0n) is 22.1. The van der Waals surface area contributed by atoms with Crippen LogP contribution in [0.25, 0.3) is 0 Å². The number of fused-ring (bicyclic) bond motifs is 5. The third-order valence-electron chi connectivity index (χ3n) is 11.5. The molecule has 0 bridgehead atoms. The van der Waals surface area contributed by atoms with Crippen molar-refractivity contribution >= 4 is 0 Å². The monoisotopic (exact) mass is 475 g/mol. The minimum absolute atomic E-state index is 0.297. The second-order valence-corrected chi connectivity index (χ2v) is 13.0. The van der Waals surface area contributed by atoms with Crippen molar-refractivity contribution in [3.63, 3.8) is 0 Å². The first-order valence-corrected chi connectivity index (χ1v) is 14.3. The molecule has 0 saturated heterocycles. The summed E-state index contributed by atoms with van der Waals surface area (Å²) in [7, 11) is 0. The Kier molecular flexibility index (Phi) is 6.69. The molecule has 0 unspecified atom stereocenters. The molecule has 0 radical (unpaired) electrons. The molecule has 35 heavy (non-hydrogen) atoms. The van der Waals surface area contributed by atoms with Crippen molar-refractivity contribution in [3.8, 4) is 6.07 Å². The number of hydrogen-bond donors (Lipinski definition) is 2. The second-order valence-electron chi connectivity index (χ2n) is 13.0. The van der Waals surface area contributed by atoms with Gasteiger partial charge in [-0.1, -0.05) is 51.0 Å². The van der Waals surface area contributed by atoms with Crippen LogP contribution in [0.15, 0.2) is 35.9 Å². The van der Waals surface area contributed by atoms with Crippen molar-refractivity contribution in [2.24, 2.45) is 34.5 Å². The number of nitrogens with zero attached hydrogens (tertiary/aromatic N) is 1. The molecule has 0 spiro atoms. The molecular weight excluding hydrogens is 430 g/mol. The summed E-state index contributed by atoms with van der Waals surface area (Å²) in [6.07, 6.45) is 15.6. The van der Waals surface area contributed by atoms with E-state index in [1.54, 1.807) is 11.6 Å². The molecule has 8 atom stereocenters. The number of rotatable bonds is 6. The molecule has 3 fully saturated rings. The Hall–Kier alpha value is -1.63. The average Bonchev–Trinajstić information content (AvgIpc) is 3.20. The summed E-state index contributed by atoms with van der Waals surface area (Å²) in [6.45, 7) is 7.27. The lowest BCUT2D eigenvalue weighted by molar-refractivity contribution is -0.0718. The van der Waals surface area contributed by atoms with Gasteiger partial charge in [0, 0.05) is 0 Å². The van der Waals surface area contributed by atoms with Crippen LogP contribution in [0.4, 0.5) is 0 Å². The van der Waals surface area contributed by atoms with E-state index >= 15 is 0 Å². The number of aliphatic hydroxyl groups excluding tert-OH is 1. The predicted molar refractivity (Wildman–Crippen MR) is 140 cm³/mol. The van der Waals surface area contributed by atoms with Gasteiger partial charge in [-0.2, -0.15) is 5.26 Å². The predicted octanol–water partition coefficient (Wildman–Crippen LogP) is 7.48. The fourth-order valence-electron chi connectivity index (χ4n) is 9.14. The van der Waals surface area contributed by atoms with Crippen LogP contribution in [0, 0.1) is 45.8 Å². The van der Waals surface area contributed by atoms with Crippen molar-refractivity contribution in [2.45, 2.75) is 110 Å². The van der Waals surface area contributed by atoms with Gasteiger partial charge < -0.3 is 10.2 Å². The maximum absolute atomic E-state index is 11.0. The number of allylic oxidation sites excluding steroid dienone is 1. The van der Waals surface area contributed by atoms with Gasteiger partial charge in [0.15, 0.2) is 0 Å². The van der Waals surface area contributed by atoms with Gasteiger partial charge in [0.05, 0.1) is 23.3 Å². The lowest BCUT2D eigenvalue weighted by Gasteiger charge is -2.59. The van der Waals surface area contributed by atoms with Gasteiger partial charge in [0.25, 0.3) is 0 Å². The van der Waals surface area contributed by atoms with E-state index in [0.29, 0.717) is 16.4 Å². The first-order valence-electron chi connectivity index (χ1n) is 14.3. The molecule has 0 aliphatic heterocycles. The Balaban J connectivity index is 1.23. The molecule has 0 heterocycles. The smallest absolute Gasteiger partial charge is 0.0991 e. The van der Waals surface area contributed by atoms with Crippen molar-refractivity contribution in [1.82, 2.24) is 0 Å². The fourth-order valence-corrected chi connectivity index (χ4v) is 9.14. The van der Waals surface area contributed by atoms with E-state index in [4.69, 9.17) is 5.26 Å². The van der Waals surface area contributed by atoms with Crippen molar-refractivity contribution in [3.05, 3.63) is 47.0 Å². The third-order valence-corrected chi connectivity index (χ3v) is 11.5. The molecule has 4 aliphatic rings. The molecule has 5 rings (SSSR count). The van der Waals surface area contributed by atoms with E-state index in [1.807, 2.05) is 18.2 Å². The Morgan fingerprint density at radius 2 is 1.94 bits per heavy atom. The Labute approximate surface area is 212 Å². The minimum Gasteiger partial charge on any atom is -0.390 e. The number of hydrogen-bond acceptors (Lipinski definition) is 3. The lowest BCUT2D eigenvalue weighted by Crippen LogP contribution is -2.52. The van der Waals surface area contributed by atoms with E-state index in [9.17, 15) is 10.2 Å². The van der Waals surface area contributed by atoms with Crippen LogP contribution in [-0.4, -0.2) is 15.8 Å². The molecular formula is C32H45NO2. The summed E-state index contributed by atoms with van der Waals surface area (Å²) in [5.74, 6) is 3.18. The molecule has 1 aromatic rings. The normalized spacial score (nSPS) is 41.2. The SMILES string of the molecule is CC[C@]1(O)CC[C@@]2(C)C(=CC[C@H]3[C@@H]4CC[C@H](CCC[C@@H](O)c5cccc(C#N)c5)[C@@]4(C)CC[C@@H]32)C1. The van der Waals surface area contributed by atoms with E-state index in [-0.39, 0.29) is 0 Å². The van der Waals surface area contributed by atoms with Crippen molar-refractivity contribution in [1.29, 1.82) is 5.26 Å². The second kappa shape index (κ2) is 9.35. The molecule has 3 nitrogen and oxygen atoms in total. The summed E-state index contributed by atoms with van der Waals surface area (Å²) < 4.78 is 0. The zero-order valence-corrected chi connectivity index (χ0v) is 22.1. The molecule has 3 saturated carbocycles. The first-order chi connectivity index (χ1) is 16.7. The highest BCUT2D eigenvalue weighted by Gasteiger charge is 2.59. The van der Waals surface area contributed by atoms with E-state index in [1.165, 1.54) is 38.5 Å². The highest BCUT2D eigenvalue weighted by Crippen LogP contribution is 2.67. The van der Waals surface area contributed by atoms with Crippen molar-refractivity contribution < 1.29 is 10.2 Å². The van der Waals surface area contributed by atoms with Crippen LogP contribution < -0.4 is 0 Å². The highest BCUT2D eigenvalue weighted by atomic mass is 16.3. The molecule has 4 aliphatic carbocycles. The quantitative estimate of drug-likeness (QED) is 0.419. The molecule has 0 amide bonds. The van der Waals surface area contributed by atoms with Gasteiger partial charge in [-0.15, -0.1) is 0 Å². The molecule has 190 valence electrons. The average molecular weight is 476 g/mol. The highest BCUT2D eigenvalue weighted by molar-refractivity contribution is 5.33. The minimum atomic E-state index is -0.473. The van der Waals surface area contributed by atoms with Crippen LogP contribution in [0.1, 0.15) is 115 Å². The Bertz CT molecular complexity index is 1010. The Morgan fingerprint density at radius 1 is 1.11 bits per heavy atom. The lowest BCUT2D eigenvalue weighted by atomic mass is 9.46. The van der Waals surface area contributed by atoms with Gasteiger partial charge in [-0.3, -0.25) is 0 Å². The van der Waals surface area contributed by atoms with Crippen LogP contribution in [0.5, 0.6) is 0 Å². The Morgan fingerprint density at radius 3 is 2.71 bits per heavy atom. The number of nitriles is 1. The van der Waals surface area contributed by atoms with Crippen LogP contribution >= 0.6 is 0 Å². The third kappa shape index (κ3) is 4.30. The number of benzene rings is 1. The van der Waals surface area contributed by atoms with E-state index < -0.39 is 11.7 Å². The van der Waals surface area contributed by atoms with E-state index in [2.05, 4.69) is 32.9 Å². The number of aliphatic hydroxyl groups is 2. The summed E-state index contributed by atoms with van der Waals surface area (Å²) in [4.78, 5) is 0. The first kappa shape index (κ1) is 25.0. The molecule has 3 heteroatoms. The largest absolute Gasteiger partial charge is 0.390 e. The zero-order chi connectivity index (χ0) is 24.8. The molecule has 1 aromatic carbocycles. The maximum Gasteiger partial charge on any atom is 0.0991 e. The summed E-state index contributed by atoms with van der Waals surface area (Å²) in [5, 5.41) is 30.9. The summed E-state index contributed by atoms with van der Waals surface area (Å²) in [5.41, 5.74) is 3.34. The van der Waals surface area contributed by atoms with Crippen molar-refractivity contribution in [2.75, 3.05) is 0 Å². The van der Waals surface area contributed by atoms with Gasteiger partial charge in [0.1, 0.15) is 0 Å². The maximum atomic E-state index is 11.0. The van der Waals surface area contributed by atoms with Crippen LogP contribution in [0.3, 0.4) is 0 Å². The topological polar surface area (TPSA) is 64.2 Å². The van der Waals surface area contributed by atoms with Gasteiger partial charge in [-0.05, 0) is 123 Å². The molecule has 2 N–H and O–H groups in total. The summed E-state index contributed by atoms with van der Waals surface area (Å²) in [6, 6.07) is 9.63. The fraction of sp³-hybridized carbons (Fsp3) is 0.719. The van der Waals surface area contributed by atoms with Crippen LogP contribution in [-0.2, 0) is 0 Å². The van der Waals surface area contributed by atoms with Crippen LogP contribution in [0.2, 0.25) is 0 Å². The summed E-state index contributed by atoms with van der Waals surface area (Å²) >= 11 is 0. The van der Waals surface area contributed by atoms with Gasteiger partial charge in [0.2, 0.25) is 0 Å².